The van der Waals surface area contributed by atoms with E-state index in [9.17, 15) is 4.21 Å². The Bertz CT molecular complexity index is 509. The van der Waals surface area contributed by atoms with Crippen LogP contribution in [-0.2, 0) is 10.8 Å². The normalized spacial score (nSPS) is 12.7. The lowest BCUT2D eigenvalue weighted by molar-refractivity contribution is -0.520. The van der Waals surface area contributed by atoms with Crippen molar-refractivity contribution < 1.29 is 8.17 Å². The molecule has 0 N–H and O–H groups in total. The van der Waals surface area contributed by atoms with E-state index in [1.165, 1.54) is 10.4 Å². The summed E-state index contributed by atoms with van der Waals surface area (Å²) in [5.74, 6) is 0. The van der Waals surface area contributed by atoms with Gasteiger partial charge in [0, 0.05) is 39.6 Å². The monoisotopic (exact) mass is 252 g/mol. The van der Waals surface area contributed by atoms with Crippen LogP contribution in [0.25, 0.3) is 5.69 Å². The summed E-state index contributed by atoms with van der Waals surface area (Å²) in [6.45, 7) is 4.23. The zero-order chi connectivity index (χ0) is 11.7. The Balaban J connectivity index is 2.38. The third-order valence-electron chi connectivity index (χ3n) is 2.52. The number of aryl methyl sites for hydroxylation is 2. The van der Waals surface area contributed by atoms with E-state index in [1.54, 1.807) is 17.8 Å². The first-order valence-electron chi connectivity index (χ1n) is 5.01. The highest BCUT2D eigenvalue weighted by molar-refractivity contribution is 7.84. The van der Waals surface area contributed by atoms with Crippen molar-refractivity contribution >= 4 is 22.3 Å². The second-order valence-corrected chi connectivity index (χ2v) is 6.30. The maximum atomic E-state index is 11.3. The van der Waals surface area contributed by atoms with Gasteiger partial charge in [-0.15, -0.1) is 3.96 Å². The van der Waals surface area contributed by atoms with Crippen LogP contribution in [0.2, 0.25) is 0 Å². The second kappa shape index (κ2) is 4.47. The molecule has 16 heavy (non-hydrogen) atoms. The first-order chi connectivity index (χ1) is 7.58. The minimum atomic E-state index is -0.899. The van der Waals surface area contributed by atoms with E-state index in [2.05, 4.69) is 24.0 Å². The van der Waals surface area contributed by atoms with Gasteiger partial charge in [-0.25, -0.2) is 0 Å². The minimum absolute atomic E-state index is 0.870. The number of aromatic nitrogens is 1. The van der Waals surface area contributed by atoms with Crippen molar-refractivity contribution in [3.63, 3.8) is 0 Å². The molecular weight excluding hydrogens is 238 g/mol. The largest absolute Gasteiger partial charge is 0.255 e. The molecule has 2 aromatic rings. The molecule has 1 aromatic carbocycles. The molecule has 0 saturated carbocycles. The van der Waals surface area contributed by atoms with E-state index in [1.807, 2.05) is 24.3 Å². The zero-order valence-electron chi connectivity index (χ0n) is 9.56. The van der Waals surface area contributed by atoms with Gasteiger partial charge in [-0.1, -0.05) is 0 Å². The van der Waals surface area contributed by atoms with Gasteiger partial charge in [-0.3, -0.25) is 4.21 Å². The molecule has 1 unspecified atom stereocenters. The van der Waals surface area contributed by atoms with Gasteiger partial charge in [0.05, 0.1) is 4.88 Å². The summed E-state index contributed by atoms with van der Waals surface area (Å²) < 4.78 is 13.4. The van der Waals surface area contributed by atoms with Crippen LogP contribution in [0.1, 0.15) is 10.4 Å². The lowest BCUT2D eigenvalue weighted by Gasteiger charge is -1.94. The summed E-state index contributed by atoms with van der Waals surface area (Å²) in [6.07, 6.45) is 3.82. The number of benzene rings is 1. The summed E-state index contributed by atoms with van der Waals surface area (Å²) in [5, 5.41) is 0. The van der Waals surface area contributed by atoms with Gasteiger partial charge in [-0.05, 0) is 26.0 Å². The van der Waals surface area contributed by atoms with Crippen LogP contribution in [-0.4, -0.2) is 10.5 Å². The average molecular weight is 252 g/mol. The van der Waals surface area contributed by atoms with Crippen LogP contribution in [0, 0.1) is 13.8 Å². The fraction of sp³-hybridized carbons (Fsp3) is 0.250. The number of hydrogen-bond donors (Lipinski definition) is 0. The van der Waals surface area contributed by atoms with Gasteiger partial charge >= 0.3 is 0 Å². The summed E-state index contributed by atoms with van der Waals surface area (Å²) in [6, 6.07) is 7.85. The Morgan fingerprint density at radius 3 is 2.25 bits per heavy atom. The van der Waals surface area contributed by atoms with Crippen molar-refractivity contribution in [2.45, 2.75) is 18.7 Å². The quantitative estimate of drug-likeness (QED) is 0.752. The van der Waals surface area contributed by atoms with Crippen LogP contribution >= 0.6 is 11.5 Å². The molecule has 2 rings (SSSR count). The summed E-state index contributed by atoms with van der Waals surface area (Å²) in [5.41, 5.74) is 2.42. The van der Waals surface area contributed by atoms with Crippen molar-refractivity contribution in [2.75, 3.05) is 6.26 Å². The smallest absolute Gasteiger partial charge is 0.224 e. The fourth-order valence-corrected chi connectivity index (χ4v) is 2.87. The summed E-state index contributed by atoms with van der Waals surface area (Å²) in [4.78, 5) is 2.19. The van der Waals surface area contributed by atoms with Crippen molar-refractivity contribution in [1.82, 2.24) is 0 Å². The SMILES string of the molecule is Cc1c[n+](-c2ccc(S(C)=O)cc2)sc1C. The molecule has 0 spiro atoms. The molecule has 0 bridgehead atoms. The van der Waals surface area contributed by atoms with Crippen molar-refractivity contribution in [1.29, 1.82) is 0 Å². The van der Waals surface area contributed by atoms with Gasteiger partial charge in [0.25, 0.3) is 0 Å². The van der Waals surface area contributed by atoms with Gasteiger partial charge in [0.2, 0.25) is 5.69 Å². The van der Waals surface area contributed by atoms with E-state index in [0.29, 0.717) is 0 Å². The topological polar surface area (TPSA) is 20.9 Å². The third kappa shape index (κ3) is 2.23. The summed E-state index contributed by atoms with van der Waals surface area (Å²) in [7, 11) is -0.899. The Hall–Kier alpha value is -1.00. The highest BCUT2D eigenvalue weighted by atomic mass is 32.2. The highest BCUT2D eigenvalue weighted by Crippen LogP contribution is 2.13. The first kappa shape index (κ1) is 11.5. The second-order valence-electron chi connectivity index (χ2n) is 3.73. The number of rotatable bonds is 2. The van der Waals surface area contributed by atoms with Crippen LogP contribution in [0.4, 0.5) is 0 Å². The van der Waals surface area contributed by atoms with Crippen molar-refractivity contribution in [2.24, 2.45) is 0 Å². The summed E-state index contributed by atoms with van der Waals surface area (Å²) >= 11 is 1.72. The van der Waals surface area contributed by atoms with Crippen LogP contribution < -0.4 is 3.96 Å². The molecule has 1 heterocycles. The predicted molar refractivity (Wildman–Crippen MR) is 67.7 cm³/mol. The molecule has 0 amide bonds. The number of hydrogen-bond acceptors (Lipinski definition) is 2. The van der Waals surface area contributed by atoms with Gasteiger partial charge in [-0.2, -0.15) is 0 Å². The average Bonchev–Trinajstić information content (AvgIpc) is 2.59. The Kier molecular flexibility index (Phi) is 3.21. The lowest BCUT2D eigenvalue weighted by atomic mass is 10.3. The number of nitrogens with zero attached hydrogens (tertiary/aromatic N) is 1. The van der Waals surface area contributed by atoms with Gasteiger partial charge in [0.15, 0.2) is 6.20 Å². The Morgan fingerprint density at radius 1 is 1.19 bits per heavy atom. The molecule has 0 aliphatic heterocycles. The minimum Gasteiger partial charge on any atom is -0.255 e. The predicted octanol–water partition coefficient (Wildman–Crippen LogP) is 2.38. The van der Waals surface area contributed by atoms with E-state index in [4.69, 9.17) is 0 Å². The van der Waals surface area contributed by atoms with E-state index < -0.39 is 10.8 Å². The molecule has 0 aliphatic carbocycles. The van der Waals surface area contributed by atoms with Gasteiger partial charge < -0.3 is 0 Å². The standard InChI is InChI=1S/C12H14NOS2/c1-9-8-13(15-10(9)2)11-4-6-12(7-5-11)16(3)14/h4-8H,1-3H3/q+1. The lowest BCUT2D eigenvalue weighted by Crippen LogP contribution is -2.23. The van der Waals surface area contributed by atoms with Gasteiger partial charge in [0.1, 0.15) is 11.5 Å². The molecule has 2 nitrogen and oxygen atoms in total. The van der Waals surface area contributed by atoms with Crippen LogP contribution in [0.3, 0.4) is 0 Å². The molecule has 0 radical (unpaired) electrons. The molecule has 4 heteroatoms. The van der Waals surface area contributed by atoms with E-state index >= 15 is 0 Å². The molecule has 0 aliphatic rings. The Labute approximate surface area is 102 Å². The molecule has 0 fully saturated rings. The van der Waals surface area contributed by atoms with Crippen molar-refractivity contribution in [3.05, 3.63) is 40.9 Å². The highest BCUT2D eigenvalue weighted by Gasteiger charge is 2.12. The Morgan fingerprint density at radius 2 is 1.81 bits per heavy atom. The fourth-order valence-electron chi connectivity index (χ4n) is 1.42. The molecule has 84 valence electrons. The molecular formula is C12H14NOS2+. The molecule has 1 aromatic heterocycles. The zero-order valence-corrected chi connectivity index (χ0v) is 11.2. The maximum absolute atomic E-state index is 11.3. The van der Waals surface area contributed by atoms with E-state index in [0.717, 1.165) is 10.6 Å². The van der Waals surface area contributed by atoms with E-state index in [-0.39, 0.29) is 0 Å². The molecule has 0 saturated heterocycles. The van der Waals surface area contributed by atoms with Crippen LogP contribution in [0.5, 0.6) is 0 Å². The molecule has 1 atom stereocenters. The van der Waals surface area contributed by atoms with Crippen molar-refractivity contribution in [3.8, 4) is 5.69 Å². The maximum Gasteiger partial charge on any atom is 0.224 e. The first-order valence-corrected chi connectivity index (χ1v) is 7.34. The third-order valence-corrected chi connectivity index (χ3v) is 4.57. The van der Waals surface area contributed by atoms with Crippen LogP contribution in [0.15, 0.2) is 35.4 Å².